The number of hydrogen-bond acceptors (Lipinski definition) is 2. The standard InChI is InChI=1S/C17H23NO2/c19-17(20)10-9-15-11-14-7-3-4-8-16(14)18(15)12-13-5-1-2-6-13/h3-4,7-8,13,15H,1-2,5-6,9-12H2,(H,19,20). The Labute approximate surface area is 120 Å². The van der Waals surface area contributed by atoms with E-state index in [9.17, 15) is 4.79 Å². The highest BCUT2D eigenvalue weighted by molar-refractivity contribution is 5.67. The second-order valence-corrected chi connectivity index (χ2v) is 6.22. The first-order valence-electron chi connectivity index (χ1n) is 7.80. The van der Waals surface area contributed by atoms with E-state index >= 15 is 0 Å². The zero-order chi connectivity index (χ0) is 13.9. The van der Waals surface area contributed by atoms with Gasteiger partial charge in [0.15, 0.2) is 0 Å². The molecule has 20 heavy (non-hydrogen) atoms. The minimum absolute atomic E-state index is 0.278. The molecule has 1 unspecified atom stereocenters. The van der Waals surface area contributed by atoms with Crippen molar-refractivity contribution >= 4 is 11.7 Å². The van der Waals surface area contributed by atoms with Crippen LogP contribution in [0.3, 0.4) is 0 Å². The summed E-state index contributed by atoms with van der Waals surface area (Å²) in [5.74, 6) is 0.121. The molecule has 1 aromatic rings. The van der Waals surface area contributed by atoms with Crippen LogP contribution in [-0.4, -0.2) is 23.7 Å². The van der Waals surface area contributed by atoms with E-state index in [0.717, 1.165) is 25.3 Å². The Morgan fingerprint density at radius 1 is 1.25 bits per heavy atom. The maximum Gasteiger partial charge on any atom is 0.303 e. The number of carboxylic acids is 1. The van der Waals surface area contributed by atoms with Crippen molar-refractivity contribution in [3.05, 3.63) is 29.8 Å². The Balaban J connectivity index is 1.74. The summed E-state index contributed by atoms with van der Waals surface area (Å²) in [5, 5.41) is 8.94. The van der Waals surface area contributed by atoms with Crippen molar-refractivity contribution in [2.45, 2.75) is 51.0 Å². The summed E-state index contributed by atoms with van der Waals surface area (Å²) in [6, 6.07) is 8.96. The van der Waals surface area contributed by atoms with Gasteiger partial charge in [-0.3, -0.25) is 4.79 Å². The summed E-state index contributed by atoms with van der Waals surface area (Å²) in [6.07, 6.45) is 7.45. The maximum absolute atomic E-state index is 10.9. The van der Waals surface area contributed by atoms with Crippen LogP contribution in [0.5, 0.6) is 0 Å². The average Bonchev–Trinajstić information content (AvgIpc) is 3.05. The normalized spacial score (nSPS) is 22.2. The van der Waals surface area contributed by atoms with Gasteiger partial charge in [0.2, 0.25) is 0 Å². The first-order chi connectivity index (χ1) is 9.74. The number of hydrogen-bond donors (Lipinski definition) is 1. The molecule has 0 spiro atoms. The zero-order valence-corrected chi connectivity index (χ0v) is 11.9. The Hall–Kier alpha value is -1.51. The van der Waals surface area contributed by atoms with Crippen LogP contribution in [-0.2, 0) is 11.2 Å². The molecule has 3 nitrogen and oxygen atoms in total. The quantitative estimate of drug-likeness (QED) is 0.893. The van der Waals surface area contributed by atoms with Gasteiger partial charge in [0.1, 0.15) is 0 Å². The third-order valence-electron chi connectivity index (χ3n) is 4.82. The third-order valence-corrected chi connectivity index (χ3v) is 4.82. The van der Waals surface area contributed by atoms with Gasteiger partial charge in [-0.25, -0.2) is 0 Å². The highest BCUT2D eigenvalue weighted by Crippen LogP contribution is 2.36. The fourth-order valence-corrected chi connectivity index (χ4v) is 3.79. The monoisotopic (exact) mass is 273 g/mol. The molecule has 0 radical (unpaired) electrons. The Morgan fingerprint density at radius 3 is 2.75 bits per heavy atom. The predicted octanol–water partition coefficient (Wildman–Crippen LogP) is 3.47. The molecule has 1 heterocycles. The Bertz CT molecular complexity index is 480. The fourth-order valence-electron chi connectivity index (χ4n) is 3.79. The van der Waals surface area contributed by atoms with Gasteiger partial charge in [-0.2, -0.15) is 0 Å². The van der Waals surface area contributed by atoms with E-state index in [-0.39, 0.29) is 6.42 Å². The minimum Gasteiger partial charge on any atom is -0.481 e. The van der Waals surface area contributed by atoms with Gasteiger partial charge in [0.05, 0.1) is 0 Å². The number of rotatable bonds is 5. The van der Waals surface area contributed by atoms with E-state index in [1.54, 1.807) is 0 Å². The lowest BCUT2D eigenvalue weighted by Gasteiger charge is -2.30. The van der Waals surface area contributed by atoms with Gasteiger partial charge < -0.3 is 10.0 Å². The molecule has 1 atom stereocenters. The lowest BCUT2D eigenvalue weighted by Crippen LogP contribution is -2.36. The lowest BCUT2D eigenvalue weighted by atomic mass is 10.0. The molecule has 3 heteroatoms. The van der Waals surface area contributed by atoms with Crippen LogP contribution in [0.15, 0.2) is 24.3 Å². The van der Waals surface area contributed by atoms with Crippen molar-refractivity contribution in [3.63, 3.8) is 0 Å². The molecule has 1 aliphatic carbocycles. The average molecular weight is 273 g/mol. The highest BCUT2D eigenvalue weighted by Gasteiger charge is 2.31. The van der Waals surface area contributed by atoms with E-state index < -0.39 is 5.97 Å². The summed E-state index contributed by atoms with van der Waals surface area (Å²) in [4.78, 5) is 13.4. The molecule has 108 valence electrons. The summed E-state index contributed by atoms with van der Waals surface area (Å²) >= 11 is 0. The Morgan fingerprint density at radius 2 is 2.00 bits per heavy atom. The summed E-state index contributed by atoms with van der Waals surface area (Å²) in [7, 11) is 0. The first-order valence-corrected chi connectivity index (χ1v) is 7.80. The molecule has 0 amide bonds. The van der Waals surface area contributed by atoms with Crippen molar-refractivity contribution in [2.24, 2.45) is 5.92 Å². The van der Waals surface area contributed by atoms with E-state index in [1.165, 1.54) is 36.9 Å². The minimum atomic E-state index is -0.679. The van der Waals surface area contributed by atoms with Gasteiger partial charge in [-0.1, -0.05) is 31.0 Å². The molecule has 0 aromatic heterocycles. The molecule has 1 saturated carbocycles. The van der Waals surface area contributed by atoms with E-state index in [1.807, 2.05) is 0 Å². The number of carbonyl (C=O) groups is 1. The molecule has 1 aliphatic heterocycles. The van der Waals surface area contributed by atoms with Gasteiger partial charge in [0.25, 0.3) is 0 Å². The van der Waals surface area contributed by atoms with Crippen molar-refractivity contribution in [1.29, 1.82) is 0 Å². The molecule has 1 N–H and O–H groups in total. The van der Waals surface area contributed by atoms with E-state index in [0.29, 0.717) is 6.04 Å². The van der Waals surface area contributed by atoms with Crippen molar-refractivity contribution in [2.75, 3.05) is 11.4 Å². The SMILES string of the molecule is O=C(O)CCC1Cc2ccccc2N1CC1CCCC1. The maximum atomic E-state index is 10.9. The predicted molar refractivity (Wildman–Crippen MR) is 80.1 cm³/mol. The second-order valence-electron chi connectivity index (χ2n) is 6.22. The van der Waals surface area contributed by atoms with Crippen LogP contribution >= 0.6 is 0 Å². The Kier molecular flexibility index (Phi) is 3.95. The van der Waals surface area contributed by atoms with Gasteiger partial charge >= 0.3 is 5.97 Å². The first kappa shape index (κ1) is 13.5. The number of nitrogens with zero attached hydrogens (tertiary/aromatic N) is 1. The molecule has 2 aliphatic rings. The van der Waals surface area contributed by atoms with Gasteiger partial charge in [0, 0.05) is 24.7 Å². The molecule has 1 aromatic carbocycles. The van der Waals surface area contributed by atoms with Crippen LogP contribution in [0.4, 0.5) is 5.69 Å². The van der Waals surface area contributed by atoms with Gasteiger partial charge in [-0.15, -0.1) is 0 Å². The van der Waals surface area contributed by atoms with Crippen molar-refractivity contribution in [3.8, 4) is 0 Å². The van der Waals surface area contributed by atoms with Crippen LogP contribution in [0.25, 0.3) is 0 Å². The largest absolute Gasteiger partial charge is 0.481 e. The number of anilines is 1. The number of benzene rings is 1. The molecular weight excluding hydrogens is 250 g/mol. The van der Waals surface area contributed by atoms with Crippen LogP contribution in [0, 0.1) is 5.92 Å². The van der Waals surface area contributed by atoms with Crippen molar-refractivity contribution < 1.29 is 9.90 Å². The number of carboxylic acid groups (broad SMARTS) is 1. The fraction of sp³-hybridized carbons (Fsp3) is 0.588. The molecule has 0 bridgehead atoms. The highest BCUT2D eigenvalue weighted by atomic mass is 16.4. The van der Waals surface area contributed by atoms with E-state index in [4.69, 9.17) is 5.11 Å². The lowest BCUT2D eigenvalue weighted by molar-refractivity contribution is -0.137. The van der Waals surface area contributed by atoms with Crippen LogP contribution < -0.4 is 4.90 Å². The third kappa shape index (κ3) is 2.82. The number of para-hydroxylation sites is 1. The zero-order valence-electron chi connectivity index (χ0n) is 11.9. The summed E-state index contributed by atoms with van der Waals surface area (Å²) < 4.78 is 0. The summed E-state index contributed by atoms with van der Waals surface area (Å²) in [6.45, 7) is 1.11. The summed E-state index contributed by atoms with van der Waals surface area (Å²) in [5.41, 5.74) is 2.73. The molecule has 3 rings (SSSR count). The molecule has 1 fully saturated rings. The van der Waals surface area contributed by atoms with Crippen molar-refractivity contribution in [1.82, 2.24) is 0 Å². The number of aliphatic carboxylic acids is 1. The van der Waals surface area contributed by atoms with Crippen LogP contribution in [0.1, 0.15) is 44.1 Å². The number of fused-ring (bicyclic) bond motifs is 1. The smallest absolute Gasteiger partial charge is 0.303 e. The second kappa shape index (κ2) is 5.86. The van der Waals surface area contributed by atoms with Gasteiger partial charge in [-0.05, 0) is 43.2 Å². The topological polar surface area (TPSA) is 40.5 Å². The molecular formula is C17H23NO2. The van der Waals surface area contributed by atoms with E-state index in [2.05, 4.69) is 29.2 Å². The molecule has 0 saturated heterocycles. The van der Waals surface area contributed by atoms with Crippen LogP contribution in [0.2, 0.25) is 0 Å².